The van der Waals surface area contributed by atoms with Gasteiger partial charge in [0.2, 0.25) is 0 Å². The highest BCUT2D eigenvalue weighted by molar-refractivity contribution is 9.10. The van der Waals surface area contributed by atoms with Crippen molar-refractivity contribution in [1.29, 1.82) is 0 Å². The van der Waals surface area contributed by atoms with Gasteiger partial charge in [-0.25, -0.2) is 17.6 Å². The second kappa shape index (κ2) is 7.51. The summed E-state index contributed by atoms with van der Waals surface area (Å²) in [4.78, 5) is 28.9. The Bertz CT molecular complexity index is 1240. The van der Waals surface area contributed by atoms with Crippen molar-refractivity contribution in [3.8, 4) is 0 Å². The molecule has 1 aliphatic rings. The zero-order valence-electron chi connectivity index (χ0n) is 15.4. The lowest BCUT2D eigenvalue weighted by molar-refractivity contribution is 0.0335. The van der Waals surface area contributed by atoms with E-state index in [4.69, 9.17) is 4.74 Å². The predicted octanol–water partition coefficient (Wildman–Crippen LogP) is 4.19. The second-order valence-electron chi connectivity index (χ2n) is 6.86. The lowest BCUT2D eigenvalue weighted by Crippen LogP contribution is -2.37. The molecule has 4 rings (SSSR count). The first-order chi connectivity index (χ1) is 14.2. The van der Waals surface area contributed by atoms with E-state index in [2.05, 4.69) is 20.9 Å². The van der Waals surface area contributed by atoms with Crippen molar-refractivity contribution in [1.82, 2.24) is 9.88 Å². The van der Waals surface area contributed by atoms with Crippen molar-refractivity contribution in [2.45, 2.75) is 12.6 Å². The van der Waals surface area contributed by atoms with Gasteiger partial charge < -0.3 is 14.6 Å². The molecule has 3 aromatic rings. The third-order valence-corrected chi connectivity index (χ3v) is 5.82. The number of pyridine rings is 1. The van der Waals surface area contributed by atoms with Gasteiger partial charge in [0.25, 0.3) is 11.5 Å². The van der Waals surface area contributed by atoms with Gasteiger partial charge in [-0.05, 0) is 45.6 Å². The molecule has 1 atom stereocenters. The molecule has 156 valence electrons. The van der Waals surface area contributed by atoms with Crippen LogP contribution >= 0.6 is 15.9 Å². The van der Waals surface area contributed by atoms with Gasteiger partial charge in [-0.3, -0.25) is 9.59 Å². The molecule has 30 heavy (non-hydrogen) atoms. The minimum Gasteiger partial charge on any atom is -0.373 e. The minimum atomic E-state index is -1.18. The van der Waals surface area contributed by atoms with Crippen molar-refractivity contribution in [3.63, 3.8) is 0 Å². The van der Waals surface area contributed by atoms with Crippen LogP contribution in [0.1, 0.15) is 27.7 Å². The zero-order chi connectivity index (χ0) is 21.7. The number of aromatic nitrogens is 1. The Hall–Kier alpha value is -2.72. The lowest BCUT2D eigenvalue weighted by atomic mass is 9.95. The summed E-state index contributed by atoms with van der Waals surface area (Å²) in [6.45, 7) is -0.0174. The van der Waals surface area contributed by atoms with Crippen LogP contribution in [0.3, 0.4) is 0 Å². The maximum Gasteiger partial charge on any atom is 0.256 e. The maximum absolute atomic E-state index is 13.9. The fourth-order valence-electron chi connectivity index (χ4n) is 3.57. The van der Waals surface area contributed by atoms with E-state index in [1.807, 2.05) is 0 Å². The molecule has 1 aromatic heterocycles. The summed E-state index contributed by atoms with van der Waals surface area (Å²) in [6, 6.07) is 2.64. The second-order valence-corrected chi connectivity index (χ2v) is 7.65. The first-order valence-corrected chi connectivity index (χ1v) is 9.51. The van der Waals surface area contributed by atoms with Gasteiger partial charge in [0.1, 0.15) is 11.6 Å². The molecular weight excluding hydrogens is 472 g/mol. The number of benzene rings is 2. The number of carbonyl (C=O) groups excluding carboxylic acids is 1. The number of H-pyrrole nitrogens is 1. The van der Waals surface area contributed by atoms with Crippen molar-refractivity contribution >= 4 is 32.6 Å². The number of fused-ring (bicyclic) bond motifs is 3. The van der Waals surface area contributed by atoms with Gasteiger partial charge in [-0.2, -0.15) is 0 Å². The van der Waals surface area contributed by atoms with Crippen LogP contribution in [-0.4, -0.2) is 29.4 Å². The van der Waals surface area contributed by atoms with Gasteiger partial charge in [0, 0.05) is 23.9 Å². The molecule has 0 spiro atoms. The van der Waals surface area contributed by atoms with E-state index >= 15 is 0 Å². The first kappa shape index (κ1) is 20.5. The van der Waals surface area contributed by atoms with E-state index in [1.54, 1.807) is 0 Å². The Kier molecular flexibility index (Phi) is 5.15. The molecule has 0 aliphatic carbocycles. The highest BCUT2D eigenvalue weighted by atomic mass is 79.9. The van der Waals surface area contributed by atoms with Gasteiger partial charge in [-0.15, -0.1) is 0 Å². The van der Waals surface area contributed by atoms with Crippen LogP contribution in [0.4, 0.5) is 17.6 Å². The summed E-state index contributed by atoms with van der Waals surface area (Å²) in [5.41, 5.74) is -0.182. The Labute approximate surface area is 175 Å². The van der Waals surface area contributed by atoms with E-state index in [1.165, 1.54) is 11.9 Å². The smallest absolute Gasteiger partial charge is 0.256 e. The molecule has 2 aromatic carbocycles. The number of nitrogens with one attached hydrogen (secondary N) is 1. The number of rotatable bonds is 2. The third-order valence-electron chi connectivity index (χ3n) is 5.06. The van der Waals surface area contributed by atoms with Gasteiger partial charge in [0.15, 0.2) is 11.6 Å². The van der Waals surface area contributed by atoms with Crippen LogP contribution < -0.4 is 5.56 Å². The highest BCUT2D eigenvalue weighted by Gasteiger charge is 2.32. The van der Waals surface area contributed by atoms with Gasteiger partial charge in [0.05, 0.1) is 29.1 Å². The van der Waals surface area contributed by atoms with Crippen molar-refractivity contribution in [2.75, 3.05) is 13.7 Å². The number of ether oxygens (including phenoxy) is 1. The topological polar surface area (TPSA) is 62.4 Å². The van der Waals surface area contributed by atoms with Crippen LogP contribution in [0.5, 0.6) is 0 Å². The normalized spacial score (nSPS) is 15.9. The average molecular weight is 485 g/mol. The molecule has 1 N–H and O–H groups in total. The van der Waals surface area contributed by atoms with E-state index < -0.39 is 45.2 Å². The van der Waals surface area contributed by atoms with Crippen molar-refractivity contribution < 1.29 is 27.1 Å². The molecule has 10 heteroatoms. The standard InChI is InChI=1S/C20H13BrF4N2O3/c1-27(20(29)8-2-13(24)18(21)14(25)3-8)16-7-30-6-15-17(16)9-4-11(22)12(23)5-10(9)19(28)26-15/h2-5,16H,6-7H2,1H3,(H,26,28)/t16-/m0/s1. The molecule has 2 heterocycles. The van der Waals surface area contributed by atoms with Crippen LogP contribution in [0.2, 0.25) is 0 Å². The molecule has 0 fully saturated rings. The van der Waals surface area contributed by atoms with Crippen LogP contribution in [0.15, 0.2) is 33.5 Å². The number of halogens is 5. The summed E-state index contributed by atoms with van der Waals surface area (Å²) in [5.74, 6) is -4.93. The summed E-state index contributed by atoms with van der Waals surface area (Å²) in [7, 11) is 1.39. The molecule has 0 unspecified atom stereocenters. The molecule has 1 aliphatic heterocycles. The van der Waals surface area contributed by atoms with Gasteiger partial charge >= 0.3 is 0 Å². The largest absolute Gasteiger partial charge is 0.373 e. The fourth-order valence-corrected chi connectivity index (χ4v) is 3.80. The number of carbonyl (C=O) groups is 1. The number of hydrogen-bond acceptors (Lipinski definition) is 3. The van der Waals surface area contributed by atoms with Crippen molar-refractivity contribution in [2.24, 2.45) is 0 Å². The lowest BCUT2D eigenvalue weighted by Gasteiger charge is -2.34. The molecule has 0 saturated carbocycles. The Morgan fingerprint density at radius 3 is 2.30 bits per heavy atom. The minimum absolute atomic E-state index is 0.000417. The SMILES string of the molecule is CN(C(=O)c1cc(F)c(Br)c(F)c1)[C@H]1COCc2[nH]c(=O)c3cc(F)c(F)cc3c21. The quantitative estimate of drug-likeness (QED) is 0.438. The predicted molar refractivity (Wildman–Crippen MR) is 103 cm³/mol. The molecule has 0 saturated heterocycles. The molecule has 0 bridgehead atoms. The van der Waals surface area contributed by atoms with E-state index in [0.717, 1.165) is 24.3 Å². The van der Waals surface area contributed by atoms with Crippen molar-refractivity contribution in [3.05, 3.63) is 79.2 Å². The number of amides is 1. The van der Waals surface area contributed by atoms with Crippen LogP contribution in [-0.2, 0) is 11.3 Å². The Balaban J connectivity index is 1.84. The van der Waals surface area contributed by atoms with Crippen LogP contribution in [0, 0.1) is 23.3 Å². The number of nitrogens with zero attached hydrogens (tertiary/aromatic N) is 1. The summed E-state index contributed by atoms with van der Waals surface area (Å²) >= 11 is 2.75. The van der Waals surface area contributed by atoms with Gasteiger partial charge in [-0.1, -0.05) is 0 Å². The number of hydrogen-bond donors (Lipinski definition) is 1. The summed E-state index contributed by atoms with van der Waals surface area (Å²) in [5, 5.41) is 0.0508. The maximum atomic E-state index is 13.9. The van der Waals surface area contributed by atoms with E-state index in [9.17, 15) is 27.2 Å². The third kappa shape index (κ3) is 3.29. The average Bonchev–Trinajstić information content (AvgIpc) is 2.71. The molecular formula is C20H13BrF4N2O3. The first-order valence-electron chi connectivity index (χ1n) is 8.72. The molecule has 5 nitrogen and oxygen atoms in total. The summed E-state index contributed by atoms with van der Waals surface area (Å²) < 4.78 is 60.4. The summed E-state index contributed by atoms with van der Waals surface area (Å²) in [6.07, 6.45) is 0. The monoisotopic (exact) mass is 484 g/mol. The van der Waals surface area contributed by atoms with E-state index in [-0.39, 0.29) is 29.5 Å². The van der Waals surface area contributed by atoms with E-state index in [0.29, 0.717) is 11.3 Å². The molecule has 0 radical (unpaired) electrons. The molecule has 1 amide bonds. The Morgan fingerprint density at radius 1 is 1.07 bits per heavy atom. The Morgan fingerprint density at radius 2 is 1.67 bits per heavy atom. The number of likely N-dealkylation sites (N-methyl/N-ethyl adjacent to an activating group) is 1. The highest BCUT2D eigenvalue weighted by Crippen LogP contribution is 2.34. The fraction of sp³-hybridized carbons (Fsp3) is 0.200. The number of aromatic amines is 1. The zero-order valence-corrected chi connectivity index (χ0v) is 16.9. The van der Waals surface area contributed by atoms with Crippen LogP contribution in [0.25, 0.3) is 10.8 Å².